The number of hydrogen-bond donors (Lipinski definition) is 2. The normalized spacial score (nSPS) is 20.4. The lowest BCUT2D eigenvalue weighted by atomic mass is 9.88. The van der Waals surface area contributed by atoms with E-state index in [0.717, 1.165) is 0 Å². The summed E-state index contributed by atoms with van der Waals surface area (Å²) in [4.78, 5) is -0.0415. The van der Waals surface area contributed by atoms with Gasteiger partial charge < -0.3 is 15.6 Å². The number of fused-ring (bicyclic) bond motifs is 2. The number of phenols is 1. The summed E-state index contributed by atoms with van der Waals surface area (Å²) < 4.78 is 33.4. The van der Waals surface area contributed by atoms with Crippen molar-refractivity contribution in [3.63, 3.8) is 0 Å². The number of para-hydroxylation sites is 1. The molecule has 1 atom stereocenters. The summed E-state index contributed by atoms with van der Waals surface area (Å²) in [6.07, 6.45) is 0. The van der Waals surface area contributed by atoms with Gasteiger partial charge in [-0.25, -0.2) is 8.42 Å². The quantitative estimate of drug-likeness (QED) is 0.783. The van der Waals surface area contributed by atoms with E-state index in [1.165, 1.54) is 23.5 Å². The zero-order valence-electron chi connectivity index (χ0n) is 14.2. The predicted octanol–water partition coefficient (Wildman–Crippen LogP) is 2.35. The van der Waals surface area contributed by atoms with Crippen LogP contribution in [-0.2, 0) is 14.8 Å². The van der Waals surface area contributed by atoms with Gasteiger partial charge in [-0.2, -0.15) is 5.26 Å². The first kappa shape index (κ1) is 17.0. The molecule has 2 aromatic carbocycles. The fourth-order valence-electron chi connectivity index (χ4n) is 3.40. The van der Waals surface area contributed by atoms with Crippen molar-refractivity contribution in [2.24, 2.45) is 5.73 Å². The monoisotopic (exact) mass is 381 g/mol. The topological polar surface area (TPSA) is 117 Å². The smallest absolute Gasteiger partial charge is 0.264 e. The molecule has 0 unspecified atom stereocenters. The van der Waals surface area contributed by atoms with Crippen LogP contribution in [0.3, 0.4) is 0 Å². The second-order valence-electron chi connectivity index (χ2n) is 6.20. The van der Waals surface area contributed by atoms with Crippen LogP contribution in [0.4, 0.5) is 5.69 Å². The van der Waals surface area contributed by atoms with E-state index < -0.39 is 15.9 Å². The molecule has 2 aliphatic rings. The molecule has 0 amide bonds. The molecule has 0 spiro atoms. The van der Waals surface area contributed by atoms with Gasteiger partial charge in [-0.1, -0.05) is 24.3 Å². The average Bonchev–Trinajstić information content (AvgIpc) is 2.66. The molecule has 0 aliphatic carbocycles. The van der Waals surface area contributed by atoms with Gasteiger partial charge in [0.15, 0.2) is 5.76 Å². The van der Waals surface area contributed by atoms with Gasteiger partial charge in [0.05, 0.1) is 11.6 Å². The summed E-state index contributed by atoms with van der Waals surface area (Å²) in [5.41, 5.74) is 7.54. The maximum atomic E-state index is 13.3. The number of aromatic hydroxyl groups is 1. The van der Waals surface area contributed by atoms with E-state index in [9.17, 15) is 18.8 Å². The molecule has 4 rings (SSSR count). The maximum absolute atomic E-state index is 13.3. The van der Waals surface area contributed by atoms with Gasteiger partial charge in [0.2, 0.25) is 5.88 Å². The third-order valence-corrected chi connectivity index (χ3v) is 6.62. The highest BCUT2D eigenvalue weighted by molar-refractivity contribution is 7.96. The molecule has 0 saturated heterocycles. The molecule has 2 aromatic rings. The number of allylic oxidation sites excluding steroid dienone is 2. The SMILES string of the molecule is CN1c2ccccc2C2=C([C@@H](c3ccc(O)cc3)C(C#N)=C(N)O2)S1(=O)=O. The molecule has 0 radical (unpaired) electrons. The van der Waals surface area contributed by atoms with E-state index in [-0.39, 0.29) is 27.9 Å². The molecule has 27 heavy (non-hydrogen) atoms. The molecular weight excluding hydrogens is 366 g/mol. The largest absolute Gasteiger partial charge is 0.508 e. The summed E-state index contributed by atoms with van der Waals surface area (Å²) >= 11 is 0. The lowest BCUT2D eigenvalue weighted by Gasteiger charge is -2.36. The molecule has 0 aromatic heterocycles. The Labute approximate surface area is 156 Å². The van der Waals surface area contributed by atoms with Crippen molar-refractivity contribution < 1.29 is 18.3 Å². The summed E-state index contributed by atoms with van der Waals surface area (Å²) in [6.45, 7) is 0. The van der Waals surface area contributed by atoms with Crippen molar-refractivity contribution in [3.8, 4) is 11.8 Å². The number of anilines is 1. The Morgan fingerprint density at radius 1 is 1.19 bits per heavy atom. The second kappa shape index (κ2) is 5.79. The standard InChI is InChI=1S/C19H15N3O4S/c1-22-15-5-3-2-4-13(15)17-18(27(22,24)25)16(14(10-20)19(21)26-17)11-6-8-12(23)9-7-11/h2-9,16,23H,21H2,1H3/t16-/m0/s1. The minimum Gasteiger partial charge on any atom is -0.508 e. The Morgan fingerprint density at radius 2 is 1.85 bits per heavy atom. The number of phenolic OH excluding ortho intramolecular Hbond substituents is 1. The highest BCUT2D eigenvalue weighted by Crippen LogP contribution is 2.50. The van der Waals surface area contributed by atoms with Crippen molar-refractivity contribution >= 4 is 21.5 Å². The maximum Gasteiger partial charge on any atom is 0.264 e. The van der Waals surface area contributed by atoms with Gasteiger partial charge >= 0.3 is 0 Å². The Balaban J connectivity index is 2.07. The van der Waals surface area contributed by atoms with Crippen molar-refractivity contribution in [1.29, 1.82) is 5.26 Å². The van der Waals surface area contributed by atoms with Crippen LogP contribution in [-0.4, -0.2) is 20.6 Å². The second-order valence-corrected chi connectivity index (χ2v) is 8.14. The highest BCUT2D eigenvalue weighted by atomic mass is 32.2. The van der Waals surface area contributed by atoms with Crippen LogP contribution in [0.15, 0.2) is 64.9 Å². The van der Waals surface area contributed by atoms with Gasteiger partial charge in [0.25, 0.3) is 10.0 Å². The molecule has 2 heterocycles. The van der Waals surface area contributed by atoms with E-state index in [4.69, 9.17) is 10.5 Å². The fraction of sp³-hybridized carbons (Fsp3) is 0.105. The van der Waals surface area contributed by atoms with Crippen LogP contribution in [0.1, 0.15) is 17.0 Å². The fourth-order valence-corrected chi connectivity index (χ4v) is 5.05. The molecule has 8 heteroatoms. The summed E-state index contributed by atoms with van der Waals surface area (Å²) in [5, 5.41) is 19.2. The van der Waals surface area contributed by atoms with Gasteiger partial charge in [0, 0.05) is 12.6 Å². The van der Waals surface area contributed by atoms with Crippen LogP contribution >= 0.6 is 0 Å². The minimum atomic E-state index is -3.96. The zero-order chi connectivity index (χ0) is 19.3. The zero-order valence-corrected chi connectivity index (χ0v) is 15.1. The molecule has 0 bridgehead atoms. The van der Waals surface area contributed by atoms with Crippen molar-refractivity contribution in [3.05, 3.63) is 76.0 Å². The predicted molar refractivity (Wildman–Crippen MR) is 99.4 cm³/mol. The summed E-state index contributed by atoms with van der Waals surface area (Å²) in [7, 11) is -2.51. The van der Waals surface area contributed by atoms with Gasteiger partial charge in [-0.05, 0) is 29.8 Å². The number of nitrogens with zero attached hydrogens (tertiary/aromatic N) is 2. The Kier molecular flexibility index (Phi) is 3.64. The summed E-state index contributed by atoms with van der Waals surface area (Å²) in [5.74, 6) is -0.910. The van der Waals surface area contributed by atoms with Crippen LogP contribution in [0.25, 0.3) is 5.76 Å². The van der Waals surface area contributed by atoms with Crippen LogP contribution in [0.2, 0.25) is 0 Å². The van der Waals surface area contributed by atoms with Gasteiger partial charge in [0.1, 0.15) is 22.3 Å². The van der Waals surface area contributed by atoms with E-state index in [1.807, 2.05) is 6.07 Å². The molecule has 0 saturated carbocycles. The Bertz CT molecular complexity index is 1160. The molecule has 2 aliphatic heterocycles. The lowest BCUT2D eigenvalue weighted by molar-refractivity contribution is 0.357. The first-order valence-electron chi connectivity index (χ1n) is 8.05. The first-order valence-corrected chi connectivity index (χ1v) is 9.49. The van der Waals surface area contributed by atoms with E-state index in [1.54, 1.807) is 36.4 Å². The molecule has 136 valence electrons. The van der Waals surface area contributed by atoms with Crippen molar-refractivity contribution in [2.45, 2.75) is 5.92 Å². The van der Waals surface area contributed by atoms with Crippen molar-refractivity contribution in [2.75, 3.05) is 11.4 Å². The Hall–Kier alpha value is -3.44. The molecule has 0 fully saturated rings. The van der Waals surface area contributed by atoms with Gasteiger partial charge in [-0.3, -0.25) is 4.31 Å². The molecule has 3 N–H and O–H groups in total. The average molecular weight is 381 g/mol. The highest BCUT2D eigenvalue weighted by Gasteiger charge is 2.46. The molecule has 7 nitrogen and oxygen atoms in total. The van der Waals surface area contributed by atoms with E-state index in [0.29, 0.717) is 16.8 Å². The number of nitrogens with two attached hydrogens (primary N) is 1. The van der Waals surface area contributed by atoms with Gasteiger partial charge in [-0.15, -0.1) is 0 Å². The minimum absolute atomic E-state index is 0.01000. The third-order valence-electron chi connectivity index (χ3n) is 4.73. The Morgan fingerprint density at radius 3 is 2.52 bits per heavy atom. The van der Waals surface area contributed by atoms with Crippen LogP contribution < -0.4 is 10.0 Å². The van der Waals surface area contributed by atoms with Crippen LogP contribution in [0, 0.1) is 11.3 Å². The number of sulfonamides is 1. The lowest BCUT2D eigenvalue weighted by Crippen LogP contribution is -2.37. The number of rotatable bonds is 1. The van der Waals surface area contributed by atoms with Crippen molar-refractivity contribution in [1.82, 2.24) is 0 Å². The third kappa shape index (κ3) is 2.36. The first-order chi connectivity index (χ1) is 12.9. The van der Waals surface area contributed by atoms with E-state index >= 15 is 0 Å². The van der Waals surface area contributed by atoms with E-state index in [2.05, 4.69) is 0 Å². The van der Waals surface area contributed by atoms with Crippen LogP contribution in [0.5, 0.6) is 5.75 Å². The number of hydrogen-bond acceptors (Lipinski definition) is 6. The summed E-state index contributed by atoms with van der Waals surface area (Å²) in [6, 6.07) is 14.9. The molecular formula is C19H15N3O4S. The number of benzene rings is 2. The number of ether oxygens (including phenoxy) is 1. The number of nitriles is 1.